The van der Waals surface area contributed by atoms with Gasteiger partial charge in [-0.2, -0.15) is 0 Å². The van der Waals surface area contributed by atoms with Gasteiger partial charge >= 0.3 is 0 Å². The molecular formula is C10H14BrN3S2. The van der Waals surface area contributed by atoms with Gasteiger partial charge in [-0.1, -0.05) is 27.7 Å². The van der Waals surface area contributed by atoms with Gasteiger partial charge in [-0.05, 0) is 6.92 Å². The summed E-state index contributed by atoms with van der Waals surface area (Å²) in [5.74, 6) is 0. The lowest BCUT2D eigenvalue weighted by atomic mass is 10.4. The predicted octanol–water partition coefficient (Wildman–Crippen LogP) is 2.75. The van der Waals surface area contributed by atoms with Gasteiger partial charge in [0.1, 0.15) is 0 Å². The Morgan fingerprint density at radius 1 is 1.62 bits per heavy atom. The summed E-state index contributed by atoms with van der Waals surface area (Å²) in [4.78, 5) is 11.2. The minimum Gasteiger partial charge on any atom is -0.349 e. The van der Waals surface area contributed by atoms with Crippen molar-refractivity contribution in [3.8, 4) is 0 Å². The highest BCUT2D eigenvalue weighted by molar-refractivity contribution is 9.09. The molecule has 0 fully saturated rings. The van der Waals surface area contributed by atoms with E-state index in [1.165, 1.54) is 0 Å². The van der Waals surface area contributed by atoms with Gasteiger partial charge in [0, 0.05) is 23.0 Å². The summed E-state index contributed by atoms with van der Waals surface area (Å²) in [6, 6.07) is 0. The summed E-state index contributed by atoms with van der Waals surface area (Å²) < 4.78 is 0. The molecule has 2 rings (SSSR count). The van der Waals surface area contributed by atoms with Gasteiger partial charge in [0.05, 0.1) is 23.8 Å². The van der Waals surface area contributed by atoms with E-state index in [-0.39, 0.29) is 0 Å². The fourth-order valence-electron chi connectivity index (χ4n) is 1.49. The standard InChI is InChI=1S/C10H14BrN3S2/c1-7-13-8(6-15-7)5-14(2)10-12-4-9(3-11)16-10/h6,9H,3-5H2,1-2H3. The molecule has 2 heterocycles. The summed E-state index contributed by atoms with van der Waals surface area (Å²) in [6.45, 7) is 3.81. The highest BCUT2D eigenvalue weighted by Gasteiger charge is 2.21. The van der Waals surface area contributed by atoms with Gasteiger partial charge in [-0.25, -0.2) is 4.98 Å². The van der Waals surface area contributed by atoms with Gasteiger partial charge in [0.2, 0.25) is 0 Å². The lowest BCUT2D eigenvalue weighted by Crippen LogP contribution is -2.23. The van der Waals surface area contributed by atoms with Crippen molar-refractivity contribution in [2.24, 2.45) is 4.99 Å². The first-order valence-corrected chi connectivity index (χ1v) is 7.96. The Labute approximate surface area is 112 Å². The molecule has 0 radical (unpaired) electrons. The second kappa shape index (κ2) is 5.51. The lowest BCUT2D eigenvalue weighted by molar-refractivity contribution is 0.503. The zero-order chi connectivity index (χ0) is 11.5. The van der Waals surface area contributed by atoms with E-state index in [0.717, 1.165) is 34.3 Å². The molecule has 1 aliphatic rings. The summed E-state index contributed by atoms with van der Waals surface area (Å²) in [7, 11) is 2.08. The largest absolute Gasteiger partial charge is 0.349 e. The van der Waals surface area contributed by atoms with Crippen LogP contribution in [0.15, 0.2) is 10.4 Å². The van der Waals surface area contributed by atoms with Gasteiger partial charge in [-0.3, -0.25) is 4.99 Å². The van der Waals surface area contributed by atoms with Crippen LogP contribution in [0.5, 0.6) is 0 Å². The zero-order valence-electron chi connectivity index (χ0n) is 9.31. The number of rotatable bonds is 3. The van der Waals surface area contributed by atoms with E-state index in [2.05, 4.69) is 43.2 Å². The van der Waals surface area contributed by atoms with E-state index in [9.17, 15) is 0 Å². The lowest BCUT2D eigenvalue weighted by Gasteiger charge is -2.17. The van der Waals surface area contributed by atoms with Crippen molar-refractivity contribution in [2.45, 2.75) is 18.7 Å². The van der Waals surface area contributed by atoms with Crippen molar-refractivity contribution in [1.29, 1.82) is 0 Å². The maximum atomic E-state index is 4.54. The number of thioether (sulfide) groups is 1. The molecule has 0 N–H and O–H groups in total. The van der Waals surface area contributed by atoms with E-state index in [1.54, 1.807) is 11.3 Å². The monoisotopic (exact) mass is 319 g/mol. The molecule has 1 aromatic rings. The summed E-state index contributed by atoms with van der Waals surface area (Å²) in [5.41, 5.74) is 1.13. The number of hydrogen-bond donors (Lipinski definition) is 0. The van der Waals surface area contributed by atoms with Crippen molar-refractivity contribution in [1.82, 2.24) is 9.88 Å². The summed E-state index contributed by atoms with van der Waals surface area (Å²) >= 11 is 7.05. The van der Waals surface area contributed by atoms with Crippen molar-refractivity contribution >= 4 is 44.2 Å². The predicted molar refractivity (Wildman–Crippen MR) is 75.8 cm³/mol. The second-order valence-electron chi connectivity index (χ2n) is 3.73. The molecule has 0 saturated heterocycles. The molecule has 0 aliphatic carbocycles. The third kappa shape index (κ3) is 2.99. The number of hydrogen-bond acceptors (Lipinski definition) is 5. The highest BCUT2D eigenvalue weighted by Crippen LogP contribution is 2.25. The van der Waals surface area contributed by atoms with Crippen LogP contribution in [0.4, 0.5) is 0 Å². The average molecular weight is 320 g/mol. The van der Waals surface area contributed by atoms with Crippen molar-refractivity contribution in [2.75, 3.05) is 18.9 Å². The molecule has 6 heteroatoms. The van der Waals surface area contributed by atoms with Gasteiger partial charge < -0.3 is 4.90 Å². The Morgan fingerprint density at radius 2 is 2.44 bits per heavy atom. The number of amidine groups is 1. The number of aromatic nitrogens is 1. The van der Waals surface area contributed by atoms with Crippen molar-refractivity contribution in [3.05, 3.63) is 16.1 Å². The van der Waals surface area contributed by atoms with Crippen molar-refractivity contribution < 1.29 is 0 Å². The smallest absolute Gasteiger partial charge is 0.159 e. The van der Waals surface area contributed by atoms with E-state index >= 15 is 0 Å². The first-order valence-electron chi connectivity index (χ1n) is 5.08. The number of aliphatic imine (C=N–C) groups is 1. The zero-order valence-corrected chi connectivity index (χ0v) is 12.5. The maximum absolute atomic E-state index is 4.54. The Balaban J connectivity index is 1.91. The van der Waals surface area contributed by atoms with Crippen LogP contribution in [0.25, 0.3) is 0 Å². The molecule has 0 amide bonds. The van der Waals surface area contributed by atoms with Gasteiger partial charge in [-0.15, -0.1) is 11.3 Å². The van der Waals surface area contributed by atoms with Gasteiger partial charge in [0.15, 0.2) is 5.17 Å². The number of aryl methyl sites for hydroxylation is 1. The van der Waals surface area contributed by atoms with Crippen LogP contribution in [0, 0.1) is 6.92 Å². The molecule has 16 heavy (non-hydrogen) atoms. The van der Waals surface area contributed by atoms with Crippen LogP contribution in [0.2, 0.25) is 0 Å². The Hall–Kier alpha value is -0.0700. The van der Waals surface area contributed by atoms with E-state index < -0.39 is 0 Å². The number of thiazole rings is 1. The molecule has 1 aliphatic heterocycles. The molecular weight excluding hydrogens is 306 g/mol. The van der Waals surface area contributed by atoms with Crippen LogP contribution in [-0.2, 0) is 6.54 Å². The first kappa shape index (κ1) is 12.4. The Kier molecular flexibility index (Phi) is 4.27. The van der Waals surface area contributed by atoms with E-state index in [0.29, 0.717) is 5.25 Å². The molecule has 0 bridgehead atoms. The normalized spacial score (nSPS) is 19.9. The number of nitrogens with zero attached hydrogens (tertiary/aromatic N) is 3. The van der Waals surface area contributed by atoms with Crippen LogP contribution < -0.4 is 0 Å². The molecule has 0 spiro atoms. The van der Waals surface area contributed by atoms with E-state index in [4.69, 9.17) is 0 Å². The minimum absolute atomic E-state index is 0.592. The number of halogens is 1. The average Bonchev–Trinajstić information content (AvgIpc) is 2.87. The molecule has 1 atom stereocenters. The van der Waals surface area contributed by atoms with Gasteiger partial charge in [0.25, 0.3) is 0 Å². The topological polar surface area (TPSA) is 28.5 Å². The second-order valence-corrected chi connectivity index (χ2v) is 6.71. The van der Waals surface area contributed by atoms with Crippen molar-refractivity contribution in [3.63, 3.8) is 0 Å². The highest BCUT2D eigenvalue weighted by atomic mass is 79.9. The Morgan fingerprint density at radius 3 is 3.00 bits per heavy atom. The Bertz CT molecular complexity index is 391. The summed E-state index contributed by atoms with van der Waals surface area (Å²) in [5, 5.41) is 5.98. The fraction of sp³-hybridized carbons (Fsp3) is 0.600. The molecule has 88 valence electrons. The molecule has 1 unspecified atom stereocenters. The van der Waals surface area contributed by atoms with Crippen LogP contribution in [-0.4, -0.2) is 39.2 Å². The van der Waals surface area contributed by atoms with Crippen LogP contribution in [0.1, 0.15) is 10.7 Å². The molecule has 1 aromatic heterocycles. The summed E-state index contributed by atoms with van der Waals surface area (Å²) in [6.07, 6.45) is 0. The van der Waals surface area contributed by atoms with Crippen LogP contribution >= 0.6 is 39.0 Å². The third-order valence-corrected chi connectivity index (χ3v) is 5.60. The quantitative estimate of drug-likeness (QED) is 0.802. The fourth-order valence-corrected chi connectivity index (χ4v) is 3.59. The minimum atomic E-state index is 0.592. The first-order chi connectivity index (χ1) is 7.69. The SMILES string of the molecule is Cc1nc(CN(C)C2=NCC(CBr)S2)cs1. The number of alkyl halides is 1. The van der Waals surface area contributed by atoms with Crippen LogP contribution in [0.3, 0.4) is 0 Å². The molecule has 3 nitrogen and oxygen atoms in total. The molecule has 0 saturated carbocycles. The van der Waals surface area contributed by atoms with E-state index in [1.807, 2.05) is 18.7 Å². The third-order valence-electron chi connectivity index (χ3n) is 2.27. The molecule has 0 aromatic carbocycles. The maximum Gasteiger partial charge on any atom is 0.159 e.